The number of fused-ring (bicyclic) bond motifs is 1. The molecular formula is C15H22FNO2. The Morgan fingerprint density at radius 1 is 1.47 bits per heavy atom. The molecule has 1 aromatic carbocycles. The number of hydrogen-bond donors (Lipinski definition) is 1. The van der Waals surface area contributed by atoms with Crippen molar-refractivity contribution in [1.82, 2.24) is 5.32 Å². The SMILES string of the molecule is CC(C)COCCNCC1Cc2cc(F)ccc2O1. The highest BCUT2D eigenvalue weighted by Gasteiger charge is 2.22. The molecule has 1 aliphatic heterocycles. The van der Waals surface area contributed by atoms with Gasteiger partial charge in [-0.25, -0.2) is 4.39 Å². The summed E-state index contributed by atoms with van der Waals surface area (Å²) < 4.78 is 24.3. The Balaban J connectivity index is 1.62. The Morgan fingerprint density at radius 3 is 3.11 bits per heavy atom. The molecule has 4 heteroatoms. The van der Waals surface area contributed by atoms with Crippen LogP contribution in [0.2, 0.25) is 0 Å². The lowest BCUT2D eigenvalue weighted by molar-refractivity contribution is 0.109. The number of hydrogen-bond acceptors (Lipinski definition) is 3. The zero-order valence-corrected chi connectivity index (χ0v) is 11.6. The second-order valence-electron chi connectivity index (χ2n) is 5.37. The van der Waals surface area contributed by atoms with Gasteiger partial charge in [0.1, 0.15) is 17.7 Å². The molecule has 0 bridgehead atoms. The highest BCUT2D eigenvalue weighted by molar-refractivity contribution is 5.37. The minimum Gasteiger partial charge on any atom is -0.488 e. The van der Waals surface area contributed by atoms with E-state index in [1.165, 1.54) is 6.07 Å². The fourth-order valence-electron chi connectivity index (χ4n) is 2.13. The molecule has 2 rings (SSSR count). The Hall–Kier alpha value is -1.13. The quantitative estimate of drug-likeness (QED) is 0.769. The Labute approximate surface area is 114 Å². The van der Waals surface area contributed by atoms with Crippen LogP contribution in [0.1, 0.15) is 19.4 Å². The van der Waals surface area contributed by atoms with E-state index >= 15 is 0 Å². The summed E-state index contributed by atoms with van der Waals surface area (Å²) in [5, 5.41) is 3.31. The van der Waals surface area contributed by atoms with Crippen molar-refractivity contribution in [3.63, 3.8) is 0 Å². The molecule has 3 nitrogen and oxygen atoms in total. The molecule has 0 aromatic heterocycles. The summed E-state index contributed by atoms with van der Waals surface area (Å²) >= 11 is 0. The third kappa shape index (κ3) is 4.48. The Morgan fingerprint density at radius 2 is 2.32 bits per heavy atom. The first kappa shape index (κ1) is 14.3. The summed E-state index contributed by atoms with van der Waals surface area (Å²) in [5.74, 6) is 1.19. The fourth-order valence-corrected chi connectivity index (χ4v) is 2.13. The van der Waals surface area contributed by atoms with Gasteiger partial charge in [-0.15, -0.1) is 0 Å². The summed E-state index contributed by atoms with van der Waals surface area (Å²) in [6.45, 7) is 7.36. The zero-order chi connectivity index (χ0) is 13.7. The van der Waals surface area contributed by atoms with Gasteiger partial charge in [-0.1, -0.05) is 13.8 Å². The summed E-state index contributed by atoms with van der Waals surface area (Å²) in [7, 11) is 0. The van der Waals surface area contributed by atoms with Gasteiger partial charge in [0.15, 0.2) is 0 Å². The normalized spacial score (nSPS) is 17.6. The van der Waals surface area contributed by atoms with Crippen LogP contribution in [0.4, 0.5) is 4.39 Å². The number of nitrogens with one attached hydrogen (secondary N) is 1. The molecule has 0 fully saturated rings. The van der Waals surface area contributed by atoms with E-state index < -0.39 is 0 Å². The molecule has 0 amide bonds. The molecule has 1 aliphatic rings. The molecule has 0 saturated heterocycles. The van der Waals surface area contributed by atoms with E-state index in [4.69, 9.17) is 9.47 Å². The van der Waals surface area contributed by atoms with Crippen LogP contribution in [0.15, 0.2) is 18.2 Å². The van der Waals surface area contributed by atoms with Gasteiger partial charge in [0, 0.05) is 31.7 Å². The monoisotopic (exact) mass is 267 g/mol. The van der Waals surface area contributed by atoms with Gasteiger partial charge in [0.05, 0.1) is 6.61 Å². The van der Waals surface area contributed by atoms with Crippen molar-refractivity contribution in [2.45, 2.75) is 26.4 Å². The lowest BCUT2D eigenvalue weighted by atomic mass is 10.1. The molecule has 1 atom stereocenters. The molecular weight excluding hydrogens is 245 g/mol. The molecule has 1 heterocycles. The van der Waals surface area contributed by atoms with Gasteiger partial charge in [-0.2, -0.15) is 0 Å². The van der Waals surface area contributed by atoms with Crippen LogP contribution in [0.5, 0.6) is 5.75 Å². The maximum absolute atomic E-state index is 13.1. The van der Waals surface area contributed by atoms with E-state index in [1.807, 2.05) is 0 Å². The van der Waals surface area contributed by atoms with Gasteiger partial charge in [-0.3, -0.25) is 0 Å². The van der Waals surface area contributed by atoms with E-state index in [9.17, 15) is 4.39 Å². The summed E-state index contributed by atoms with van der Waals surface area (Å²) in [6, 6.07) is 4.70. The number of halogens is 1. The number of rotatable bonds is 7. The molecule has 106 valence electrons. The second-order valence-corrected chi connectivity index (χ2v) is 5.37. The van der Waals surface area contributed by atoms with Crippen molar-refractivity contribution in [3.8, 4) is 5.75 Å². The zero-order valence-electron chi connectivity index (χ0n) is 11.6. The molecule has 0 radical (unpaired) electrons. The van der Waals surface area contributed by atoms with Gasteiger partial charge in [0.2, 0.25) is 0 Å². The van der Waals surface area contributed by atoms with Crippen molar-refractivity contribution in [1.29, 1.82) is 0 Å². The van der Waals surface area contributed by atoms with Crippen molar-refractivity contribution < 1.29 is 13.9 Å². The minimum atomic E-state index is -0.196. The van der Waals surface area contributed by atoms with E-state index in [1.54, 1.807) is 12.1 Å². The summed E-state index contributed by atoms with van der Waals surface area (Å²) in [6.07, 6.45) is 0.870. The predicted molar refractivity (Wildman–Crippen MR) is 73.0 cm³/mol. The van der Waals surface area contributed by atoms with Crippen molar-refractivity contribution in [3.05, 3.63) is 29.6 Å². The van der Waals surface area contributed by atoms with E-state index in [-0.39, 0.29) is 11.9 Å². The molecule has 0 aliphatic carbocycles. The molecule has 19 heavy (non-hydrogen) atoms. The fraction of sp³-hybridized carbons (Fsp3) is 0.600. The Bertz CT molecular complexity index is 409. The van der Waals surface area contributed by atoms with E-state index in [0.717, 1.165) is 37.4 Å². The highest BCUT2D eigenvalue weighted by Crippen LogP contribution is 2.28. The van der Waals surface area contributed by atoms with Crippen LogP contribution in [0.3, 0.4) is 0 Å². The largest absolute Gasteiger partial charge is 0.488 e. The van der Waals surface area contributed by atoms with Gasteiger partial charge in [0.25, 0.3) is 0 Å². The van der Waals surface area contributed by atoms with Crippen LogP contribution in [-0.2, 0) is 11.2 Å². The van der Waals surface area contributed by atoms with Crippen LogP contribution < -0.4 is 10.1 Å². The van der Waals surface area contributed by atoms with Crippen LogP contribution in [-0.4, -0.2) is 32.4 Å². The first-order valence-electron chi connectivity index (χ1n) is 6.88. The maximum Gasteiger partial charge on any atom is 0.123 e. The van der Waals surface area contributed by atoms with E-state index in [0.29, 0.717) is 12.5 Å². The predicted octanol–water partition coefficient (Wildman–Crippen LogP) is 2.39. The average molecular weight is 267 g/mol. The minimum absolute atomic E-state index is 0.0990. The standard InChI is InChI=1S/C15H22FNO2/c1-11(2)10-18-6-5-17-9-14-8-12-7-13(16)3-4-15(12)19-14/h3-4,7,11,14,17H,5-6,8-10H2,1-2H3. The molecule has 1 N–H and O–H groups in total. The molecule has 1 unspecified atom stereocenters. The van der Waals surface area contributed by atoms with Crippen molar-refractivity contribution in [2.75, 3.05) is 26.3 Å². The van der Waals surface area contributed by atoms with Gasteiger partial charge >= 0.3 is 0 Å². The summed E-state index contributed by atoms with van der Waals surface area (Å²) in [4.78, 5) is 0. The number of ether oxygens (including phenoxy) is 2. The van der Waals surface area contributed by atoms with E-state index in [2.05, 4.69) is 19.2 Å². The maximum atomic E-state index is 13.1. The van der Waals surface area contributed by atoms with Crippen molar-refractivity contribution >= 4 is 0 Å². The van der Waals surface area contributed by atoms with Crippen LogP contribution in [0, 0.1) is 11.7 Å². The molecule has 0 spiro atoms. The van der Waals surface area contributed by atoms with Crippen LogP contribution in [0.25, 0.3) is 0 Å². The first-order valence-corrected chi connectivity index (χ1v) is 6.88. The molecule has 1 aromatic rings. The lowest BCUT2D eigenvalue weighted by Crippen LogP contribution is -2.32. The average Bonchev–Trinajstić information content (AvgIpc) is 2.75. The Kier molecular flexibility index (Phi) is 5.16. The third-order valence-electron chi connectivity index (χ3n) is 3.01. The smallest absolute Gasteiger partial charge is 0.123 e. The molecule has 0 saturated carbocycles. The second kappa shape index (κ2) is 6.87. The highest BCUT2D eigenvalue weighted by atomic mass is 19.1. The van der Waals surface area contributed by atoms with Crippen molar-refractivity contribution in [2.24, 2.45) is 5.92 Å². The van der Waals surface area contributed by atoms with Gasteiger partial charge in [-0.05, 0) is 24.1 Å². The lowest BCUT2D eigenvalue weighted by Gasteiger charge is -2.12. The summed E-state index contributed by atoms with van der Waals surface area (Å²) in [5.41, 5.74) is 0.961. The number of benzene rings is 1. The van der Waals surface area contributed by atoms with Crippen LogP contribution >= 0.6 is 0 Å². The third-order valence-corrected chi connectivity index (χ3v) is 3.01. The topological polar surface area (TPSA) is 30.5 Å². The first-order chi connectivity index (χ1) is 9.15. The van der Waals surface area contributed by atoms with Gasteiger partial charge < -0.3 is 14.8 Å².